The van der Waals surface area contributed by atoms with Crippen LogP contribution in [0, 0.1) is 5.82 Å². The van der Waals surface area contributed by atoms with Crippen molar-refractivity contribution in [1.29, 1.82) is 0 Å². The summed E-state index contributed by atoms with van der Waals surface area (Å²) in [6, 6.07) is 5.37. The number of carbonyl (C=O) groups is 1. The Kier molecular flexibility index (Phi) is 5.52. The largest absolute Gasteiger partial charge is 0.662 e. The van der Waals surface area contributed by atoms with Crippen LogP contribution in [0.25, 0.3) is 5.73 Å². The van der Waals surface area contributed by atoms with Gasteiger partial charge in [0.2, 0.25) is 5.91 Å². The van der Waals surface area contributed by atoms with E-state index in [4.69, 9.17) is 10.5 Å². The molecule has 10 heteroatoms. The summed E-state index contributed by atoms with van der Waals surface area (Å²) < 4.78 is 57.4. The second-order valence-electron chi connectivity index (χ2n) is 6.42. The summed E-state index contributed by atoms with van der Waals surface area (Å²) in [6.45, 7) is 0.470. The molecule has 6 nitrogen and oxygen atoms in total. The molecular weight excluding hydrogens is 380 g/mol. The molecule has 1 fully saturated rings. The predicted molar refractivity (Wildman–Crippen MR) is 93.3 cm³/mol. The quantitative estimate of drug-likeness (QED) is 0.751. The zero-order chi connectivity index (χ0) is 20.4. The number of aromatic nitrogens is 1. The van der Waals surface area contributed by atoms with Gasteiger partial charge in [-0.3, -0.25) is 9.78 Å². The SMILES string of the molecule is [NH-]C1(C(=O)NCc2ccc(Nc3ccc(F)cc3C(F)(F)F)cn2)CCOC1. The number of nitrogens with one attached hydrogen (secondary N) is 3. The first-order chi connectivity index (χ1) is 13.2. The minimum absolute atomic E-state index is 0.0360. The van der Waals surface area contributed by atoms with Crippen LogP contribution in [0.3, 0.4) is 0 Å². The fourth-order valence-electron chi connectivity index (χ4n) is 2.70. The van der Waals surface area contributed by atoms with E-state index in [2.05, 4.69) is 15.6 Å². The molecule has 1 atom stereocenters. The lowest BCUT2D eigenvalue weighted by Gasteiger charge is -2.30. The van der Waals surface area contributed by atoms with Crippen molar-refractivity contribution in [3.8, 4) is 0 Å². The van der Waals surface area contributed by atoms with Crippen LogP contribution in [-0.2, 0) is 22.3 Å². The summed E-state index contributed by atoms with van der Waals surface area (Å²) in [5, 5.41) is 5.17. The number of hydrogen-bond donors (Lipinski definition) is 2. The molecule has 1 aliphatic heterocycles. The van der Waals surface area contributed by atoms with Crippen LogP contribution in [0.15, 0.2) is 36.5 Å². The molecule has 1 aliphatic rings. The van der Waals surface area contributed by atoms with Crippen molar-refractivity contribution in [2.75, 3.05) is 18.5 Å². The number of nitrogens with zero attached hydrogens (tertiary/aromatic N) is 1. The van der Waals surface area contributed by atoms with E-state index < -0.39 is 29.0 Å². The Labute approximate surface area is 158 Å². The molecule has 1 unspecified atom stereocenters. The highest BCUT2D eigenvalue weighted by Crippen LogP contribution is 2.36. The van der Waals surface area contributed by atoms with Crippen LogP contribution in [0.2, 0.25) is 0 Å². The van der Waals surface area contributed by atoms with Gasteiger partial charge in [-0.1, -0.05) is 0 Å². The Bertz CT molecular complexity index is 850. The maximum absolute atomic E-state index is 13.2. The summed E-state index contributed by atoms with van der Waals surface area (Å²) in [5.74, 6) is -1.45. The van der Waals surface area contributed by atoms with Crippen LogP contribution in [0.4, 0.5) is 28.9 Å². The van der Waals surface area contributed by atoms with E-state index in [-0.39, 0.29) is 24.5 Å². The minimum Gasteiger partial charge on any atom is -0.662 e. The van der Waals surface area contributed by atoms with E-state index in [0.29, 0.717) is 24.8 Å². The number of alkyl halides is 3. The van der Waals surface area contributed by atoms with Crippen LogP contribution < -0.4 is 10.6 Å². The van der Waals surface area contributed by atoms with Gasteiger partial charge in [0.1, 0.15) is 5.82 Å². The highest BCUT2D eigenvalue weighted by Gasteiger charge is 2.34. The van der Waals surface area contributed by atoms with Gasteiger partial charge in [-0.2, -0.15) is 13.2 Å². The molecule has 0 aliphatic carbocycles. The van der Waals surface area contributed by atoms with Gasteiger partial charge in [-0.05, 0) is 42.3 Å². The summed E-state index contributed by atoms with van der Waals surface area (Å²) in [7, 11) is 0. The predicted octanol–water partition coefficient (Wildman–Crippen LogP) is 3.81. The number of carbonyl (C=O) groups excluding carboxylic acids is 1. The molecule has 1 amide bonds. The number of benzene rings is 1. The fourth-order valence-corrected chi connectivity index (χ4v) is 2.70. The second kappa shape index (κ2) is 7.72. The van der Waals surface area contributed by atoms with E-state index >= 15 is 0 Å². The van der Waals surface area contributed by atoms with Gasteiger partial charge in [-0.25, -0.2) is 4.39 Å². The highest BCUT2D eigenvalue weighted by molar-refractivity contribution is 5.88. The second-order valence-corrected chi connectivity index (χ2v) is 6.42. The first-order valence-electron chi connectivity index (χ1n) is 8.37. The Morgan fingerprint density at radius 2 is 2.07 bits per heavy atom. The van der Waals surface area contributed by atoms with E-state index in [1.807, 2.05) is 0 Å². The summed E-state index contributed by atoms with van der Waals surface area (Å²) in [6.07, 6.45) is -3.09. The number of pyridine rings is 1. The molecule has 0 saturated carbocycles. The van der Waals surface area contributed by atoms with Crippen LogP contribution in [0.5, 0.6) is 0 Å². The van der Waals surface area contributed by atoms with Gasteiger partial charge >= 0.3 is 6.18 Å². The normalized spacial score (nSPS) is 19.5. The molecule has 0 radical (unpaired) electrons. The standard InChI is InChI=1S/C18H17F4N4O2/c19-11-1-4-15(14(7-11)18(20,21)22)26-13-3-2-12(24-9-13)8-25-16(27)17(23)5-6-28-10-17/h1-4,7,9,23,26H,5-6,8,10H2,(H,25,27)/q-1. The average molecular weight is 397 g/mol. The average Bonchev–Trinajstić information content (AvgIpc) is 3.09. The zero-order valence-corrected chi connectivity index (χ0v) is 14.6. The molecule has 0 bridgehead atoms. The number of anilines is 2. The fraction of sp³-hybridized carbons (Fsp3) is 0.333. The Morgan fingerprint density at radius 1 is 1.29 bits per heavy atom. The van der Waals surface area contributed by atoms with Gasteiger partial charge in [0.05, 0.1) is 35.4 Å². The lowest BCUT2D eigenvalue weighted by molar-refractivity contribution is -0.137. The molecule has 28 heavy (non-hydrogen) atoms. The lowest BCUT2D eigenvalue weighted by Crippen LogP contribution is -2.44. The summed E-state index contributed by atoms with van der Waals surface area (Å²) >= 11 is 0. The third-order valence-electron chi connectivity index (χ3n) is 4.28. The van der Waals surface area contributed by atoms with E-state index in [9.17, 15) is 22.4 Å². The third kappa shape index (κ3) is 4.57. The summed E-state index contributed by atoms with van der Waals surface area (Å²) in [4.78, 5) is 16.1. The highest BCUT2D eigenvalue weighted by atomic mass is 19.4. The maximum atomic E-state index is 13.2. The smallest absolute Gasteiger partial charge is 0.418 e. The van der Waals surface area contributed by atoms with Crippen molar-refractivity contribution in [1.82, 2.24) is 10.3 Å². The Hall–Kier alpha value is -2.72. The van der Waals surface area contributed by atoms with E-state index in [1.54, 1.807) is 0 Å². The number of rotatable bonds is 5. The van der Waals surface area contributed by atoms with E-state index in [0.717, 1.165) is 12.1 Å². The molecule has 2 aromatic rings. The van der Waals surface area contributed by atoms with Gasteiger partial charge in [0, 0.05) is 13.2 Å². The number of halogens is 4. The van der Waals surface area contributed by atoms with Gasteiger partial charge < -0.3 is 21.1 Å². The lowest BCUT2D eigenvalue weighted by atomic mass is 9.99. The first kappa shape index (κ1) is 20.0. The first-order valence-corrected chi connectivity index (χ1v) is 8.37. The molecule has 3 rings (SSSR count). The van der Waals surface area contributed by atoms with Gasteiger partial charge in [-0.15, -0.1) is 0 Å². The van der Waals surface area contributed by atoms with Gasteiger partial charge in [0.25, 0.3) is 0 Å². The number of hydrogen-bond acceptors (Lipinski definition) is 4. The molecule has 0 spiro atoms. The van der Waals surface area contributed by atoms with Crippen molar-refractivity contribution in [3.63, 3.8) is 0 Å². The summed E-state index contributed by atoms with van der Waals surface area (Å²) in [5.41, 5.74) is 6.03. The molecule has 1 aromatic heterocycles. The van der Waals surface area contributed by atoms with Crippen molar-refractivity contribution in [3.05, 3.63) is 59.3 Å². The van der Waals surface area contributed by atoms with Crippen molar-refractivity contribution in [2.24, 2.45) is 0 Å². The third-order valence-corrected chi connectivity index (χ3v) is 4.28. The molecule has 1 saturated heterocycles. The zero-order valence-electron chi connectivity index (χ0n) is 14.6. The molecular formula is C18H17F4N4O2-. The van der Waals surface area contributed by atoms with Crippen molar-refractivity contribution >= 4 is 17.3 Å². The van der Waals surface area contributed by atoms with Crippen molar-refractivity contribution < 1.29 is 27.1 Å². The molecule has 2 heterocycles. The van der Waals surface area contributed by atoms with E-state index in [1.165, 1.54) is 18.3 Å². The number of ether oxygens (including phenoxy) is 1. The monoisotopic (exact) mass is 397 g/mol. The van der Waals surface area contributed by atoms with Crippen LogP contribution >= 0.6 is 0 Å². The molecule has 1 aromatic carbocycles. The van der Waals surface area contributed by atoms with Crippen LogP contribution in [0.1, 0.15) is 17.7 Å². The number of amides is 1. The topological polar surface area (TPSA) is 87.1 Å². The minimum atomic E-state index is -4.71. The Balaban J connectivity index is 1.65. The molecule has 150 valence electrons. The maximum Gasteiger partial charge on any atom is 0.418 e. The van der Waals surface area contributed by atoms with Crippen molar-refractivity contribution in [2.45, 2.75) is 24.7 Å². The Morgan fingerprint density at radius 3 is 2.68 bits per heavy atom. The van der Waals surface area contributed by atoms with Gasteiger partial charge in [0.15, 0.2) is 0 Å². The van der Waals surface area contributed by atoms with Crippen LogP contribution in [-0.4, -0.2) is 29.6 Å². The molecule has 3 N–H and O–H groups in total.